The maximum absolute atomic E-state index is 12.5. The van der Waals surface area contributed by atoms with Crippen molar-refractivity contribution in [2.24, 2.45) is 11.7 Å². The van der Waals surface area contributed by atoms with E-state index in [1.54, 1.807) is 4.90 Å². The fraction of sp³-hybridized carbons (Fsp3) is 0.524. The molecule has 3 amide bonds. The van der Waals surface area contributed by atoms with Crippen LogP contribution >= 0.6 is 0 Å². The molecule has 2 aliphatic rings. The van der Waals surface area contributed by atoms with Crippen LogP contribution < -0.4 is 11.1 Å². The number of primary amides is 1. The van der Waals surface area contributed by atoms with Gasteiger partial charge in [0.05, 0.1) is 11.4 Å². The molecule has 6 nitrogen and oxygen atoms in total. The third-order valence-corrected chi connectivity index (χ3v) is 6.16. The van der Waals surface area contributed by atoms with Crippen molar-refractivity contribution in [3.05, 3.63) is 35.0 Å². The third kappa shape index (κ3) is 3.29. The number of piperidine rings is 1. The number of nitrogens with two attached hydrogens (primary N) is 1. The van der Waals surface area contributed by atoms with Gasteiger partial charge in [0.25, 0.3) is 0 Å². The van der Waals surface area contributed by atoms with E-state index in [-0.39, 0.29) is 11.8 Å². The second-order valence-corrected chi connectivity index (χ2v) is 7.80. The molecule has 27 heavy (non-hydrogen) atoms. The number of nitrogens with zero attached hydrogens (tertiary/aromatic N) is 2. The van der Waals surface area contributed by atoms with Gasteiger partial charge in [0.2, 0.25) is 5.91 Å². The number of aromatic nitrogens is 1. The minimum Gasteiger partial charge on any atom is -0.355 e. The summed E-state index contributed by atoms with van der Waals surface area (Å²) in [4.78, 5) is 25.5. The predicted octanol–water partition coefficient (Wildman–Crippen LogP) is 2.35. The van der Waals surface area contributed by atoms with Gasteiger partial charge < -0.3 is 20.5 Å². The molecule has 2 aliphatic heterocycles. The number of carbonyl (C=O) groups is 2. The molecule has 1 saturated heterocycles. The Morgan fingerprint density at radius 1 is 1.26 bits per heavy atom. The van der Waals surface area contributed by atoms with Crippen molar-refractivity contribution >= 4 is 22.8 Å². The predicted molar refractivity (Wildman–Crippen MR) is 106 cm³/mol. The molecule has 1 fully saturated rings. The third-order valence-electron chi connectivity index (χ3n) is 6.16. The van der Waals surface area contributed by atoms with Crippen molar-refractivity contribution in [3.63, 3.8) is 0 Å². The summed E-state index contributed by atoms with van der Waals surface area (Å²) in [6.07, 6.45) is 4.81. The molecular weight excluding hydrogens is 340 g/mol. The summed E-state index contributed by atoms with van der Waals surface area (Å²) in [5.41, 5.74) is 10.8. The van der Waals surface area contributed by atoms with Crippen LogP contribution in [0.1, 0.15) is 36.1 Å². The smallest absolute Gasteiger partial charge is 0.314 e. The van der Waals surface area contributed by atoms with Crippen molar-refractivity contribution in [1.82, 2.24) is 14.8 Å². The maximum atomic E-state index is 12.5. The highest BCUT2D eigenvalue weighted by molar-refractivity contribution is 5.89. The lowest BCUT2D eigenvalue weighted by Crippen LogP contribution is -2.47. The lowest BCUT2D eigenvalue weighted by atomic mass is 9.97. The lowest BCUT2D eigenvalue weighted by Gasteiger charge is -2.30. The Morgan fingerprint density at radius 3 is 2.93 bits per heavy atom. The zero-order valence-electron chi connectivity index (χ0n) is 16.0. The molecular formula is C21H28N4O2. The molecule has 1 aromatic heterocycles. The van der Waals surface area contributed by atoms with E-state index in [4.69, 9.17) is 5.73 Å². The molecule has 1 atom stereocenters. The van der Waals surface area contributed by atoms with Crippen LogP contribution in [0.4, 0.5) is 4.79 Å². The topological polar surface area (TPSA) is 80.4 Å². The molecule has 0 aliphatic carbocycles. The van der Waals surface area contributed by atoms with Gasteiger partial charge in [0, 0.05) is 37.3 Å². The number of urea groups is 1. The summed E-state index contributed by atoms with van der Waals surface area (Å²) in [6.45, 7) is 4.98. The first-order valence-electron chi connectivity index (χ1n) is 9.98. The summed E-state index contributed by atoms with van der Waals surface area (Å²) in [6, 6.07) is 6.15. The number of nitrogens with one attached hydrogen (secondary N) is 1. The molecule has 6 heteroatoms. The number of carbonyl (C=O) groups excluding carboxylic acids is 2. The minimum atomic E-state index is -0.433. The van der Waals surface area contributed by atoms with E-state index in [1.165, 1.54) is 34.1 Å². The average molecular weight is 368 g/mol. The Morgan fingerprint density at radius 2 is 2.11 bits per heavy atom. The van der Waals surface area contributed by atoms with Gasteiger partial charge in [-0.2, -0.15) is 0 Å². The number of amides is 3. The van der Waals surface area contributed by atoms with Crippen molar-refractivity contribution in [2.75, 3.05) is 19.6 Å². The van der Waals surface area contributed by atoms with Crippen LogP contribution in [0.3, 0.4) is 0 Å². The Kier molecular flexibility index (Phi) is 4.81. The molecule has 3 heterocycles. The van der Waals surface area contributed by atoms with Gasteiger partial charge in [-0.05, 0) is 50.2 Å². The van der Waals surface area contributed by atoms with Crippen molar-refractivity contribution in [3.8, 4) is 0 Å². The van der Waals surface area contributed by atoms with Crippen LogP contribution in [-0.2, 0) is 24.2 Å². The first-order chi connectivity index (χ1) is 13.1. The van der Waals surface area contributed by atoms with Crippen molar-refractivity contribution in [1.29, 1.82) is 0 Å². The van der Waals surface area contributed by atoms with E-state index in [0.717, 1.165) is 32.2 Å². The molecule has 1 unspecified atom stereocenters. The van der Waals surface area contributed by atoms with Crippen LogP contribution in [0, 0.1) is 12.8 Å². The van der Waals surface area contributed by atoms with Gasteiger partial charge in [-0.15, -0.1) is 0 Å². The molecule has 3 N–H and O–H groups in total. The zero-order valence-corrected chi connectivity index (χ0v) is 16.0. The number of hydrogen-bond donors (Lipinski definition) is 2. The molecule has 0 bridgehead atoms. The zero-order chi connectivity index (χ0) is 19.0. The fourth-order valence-corrected chi connectivity index (χ4v) is 4.75. The van der Waals surface area contributed by atoms with E-state index in [2.05, 4.69) is 35.0 Å². The summed E-state index contributed by atoms with van der Waals surface area (Å²) < 4.78 is 2.44. The highest BCUT2D eigenvalue weighted by atomic mass is 16.2. The number of rotatable bonds is 4. The molecule has 4 rings (SSSR count). The number of para-hydroxylation sites is 1. The Balaban J connectivity index is 1.43. The van der Waals surface area contributed by atoms with Crippen molar-refractivity contribution in [2.45, 2.75) is 45.6 Å². The Labute approximate surface area is 159 Å². The van der Waals surface area contributed by atoms with Gasteiger partial charge in [-0.1, -0.05) is 18.2 Å². The number of likely N-dealkylation sites (tertiary alicyclic amines) is 1. The van der Waals surface area contributed by atoms with Gasteiger partial charge in [-0.25, -0.2) is 4.79 Å². The van der Waals surface area contributed by atoms with Crippen LogP contribution in [0.25, 0.3) is 10.9 Å². The van der Waals surface area contributed by atoms with Crippen LogP contribution in [-0.4, -0.2) is 41.0 Å². The van der Waals surface area contributed by atoms with E-state index >= 15 is 0 Å². The summed E-state index contributed by atoms with van der Waals surface area (Å²) in [5, 5.41) is 4.41. The molecule has 1 aromatic carbocycles. The summed E-state index contributed by atoms with van der Waals surface area (Å²) >= 11 is 0. The Bertz CT molecular complexity index is 886. The van der Waals surface area contributed by atoms with Crippen molar-refractivity contribution < 1.29 is 9.59 Å². The normalized spacial score (nSPS) is 19.3. The van der Waals surface area contributed by atoms with E-state index in [0.29, 0.717) is 19.6 Å². The second kappa shape index (κ2) is 7.25. The van der Waals surface area contributed by atoms with Gasteiger partial charge in [0.15, 0.2) is 0 Å². The highest BCUT2D eigenvalue weighted by Gasteiger charge is 2.27. The molecule has 0 saturated carbocycles. The average Bonchev–Trinajstić information content (AvgIpc) is 2.96. The lowest BCUT2D eigenvalue weighted by molar-refractivity contribution is -0.126. The quantitative estimate of drug-likeness (QED) is 0.869. The van der Waals surface area contributed by atoms with E-state index < -0.39 is 6.03 Å². The summed E-state index contributed by atoms with van der Waals surface area (Å²) in [7, 11) is 0. The second-order valence-electron chi connectivity index (χ2n) is 7.80. The standard InChI is InChI=1S/C21H28N4O2/c1-14-17(18-8-2-5-15-6-4-12-25(14)19(15)18)9-10-23-20(26)16-7-3-11-24(13-16)21(22)27/h2,5,8,16H,3-4,6-7,9-13H2,1H3,(H2,22,27)(H,23,26). The first kappa shape index (κ1) is 17.9. The molecule has 0 spiro atoms. The molecule has 2 aromatic rings. The van der Waals surface area contributed by atoms with Gasteiger partial charge >= 0.3 is 6.03 Å². The summed E-state index contributed by atoms with van der Waals surface area (Å²) in [5.74, 6) is -0.116. The number of hydrogen-bond acceptors (Lipinski definition) is 2. The molecule has 0 radical (unpaired) electrons. The van der Waals surface area contributed by atoms with E-state index in [9.17, 15) is 9.59 Å². The first-order valence-corrected chi connectivity index (χ1v) is 9.98. The Hall–Kier alpha value is -2.50. The van der Waals surface area contributed by atoms with Crippen LogP contribution in [0.2, 0.25) is 0 Å². The number of benzene rings is 1. The minimum absolute atomic E-state index is 0.0346. The maximum Gasteiger partial charge on any atom is 0.314 e. The van der Waals surface area contributed by atoms with E-state index in [1.807, 2.05) is 0 Å². The van der Waals surface area contributed by atoms with Crippen LogP contribution in [0.15, 0.2) is 18.2 Å². The highest BCUT2D eigenvalue weighted by Crippen LogP contribution is 2.32. The van der Waals surface area contributed by atoms with Gasteiger partial charge in [0.1, 0.15) is 0 Å². The molecule has 144 valence electrons. The monoisotopic (exact) mass is 368 g/mol. The van der Waals surface area contributed by atoms with Crippen LogP contribution in [0.5, 0.6) is 0 Å². The fourth-order valence-electron chi connectivity index (χ4n) is 4.75. The largest absolute Gasteiger partial charge is 0.355 e. The number of aryl methyl sites for hydroxylation is 2. The van der Waals surface area contributed by atoms with Gasteiger partial charge in [-0.3, -0.25) is 4.79 Å². The SMILES string of the molecule is Cc1c(CCNC(=O)C2CCCN(C(N)=O)C2)c2cccc3c2n1CCC3.